The number of carbonyl (C=O) groups is 1. The second-order valence-corrected chi connectivity index (χ2v) is 5.89. The average molecular weight is 311 g/mol. The molecule has 2 aromatic rings. The molecule has 0 aliphatic rings. The Labute approximate surface area is 127 Å². The topological polar surface area (TPSA) is 42.4 Å². The molecule has 0 bridgehead atoms. The van der Waals surface area contributed by atoms with Gasteiger partial charge in [0.2, 0.25) is 5.88 Å². The highest BCUT2D eigenvalue weighted by molar-refractivity contribution is 7.16. The van der Waals surface area contributed by atoms with Gasteiger partial charge in [-0.05, 0) is 31.2 Å². The minimum absolute atomic E-state index is 0.0954. The summed E-state index contributed by atoms with van der Waals surface area (Å²) in [5.74, 6) is 0.252. The van der Waals surface area contributed by atoms with E-state index in [2.05, 4.69) is 4.98 Å². The SMILES string of the molecule is CCN(Cc1ccc(Cl)s1)C(=O)c1cccnc1OC. The molecule has 2 aromatic heterocycles. The lowest BCUT2D eigenvalue weighted by atomic mass is 10.2. The Balaban J connectivity index is 2.20. The zero-order valence-corrected chi connectivity index (χ0v) is 12.9. The molecule has 0 aliphatic heterocycles. The monoisotopic (exact) mass is 310 g/mol. The molecule has 1 amide bonds. The zero-order chi connectivity index (χ0) is 14.5. The molecule has 0 aromatic carbocycles. The van der Waals surface area contributed by atoms with Crippen LogP contribution in [0.5, 0.6) is 5.88 Å². The summed E-state index contributed by atoms with van der Waals surface area (Å²) in [4.78, 5) is 19.4. The zero-order valence-electron chi connectivity index (χ0n) is 11.3. The second-order valence-electron chi connectivity index (χ2n) is 4.09. The maximum absolute atomic E-state index is 12.5. The Bertz CT molecular complexity index is 600. The van der Waals surface area contributed by atoms with E-state index in [1.807, 2.05) is 19.1 Å². The van der Waals surface area contributed by atoms with Crippen LogP contribution in [0.15, 0.2) is 30.5 Å². The van der Waals surface area contributed by atoms with E-state index in [1.54, 1.807) is 23.2 Å². The molecule has 4 nitrogen and oxygen atoms in total. The highest BCUT2D eigenvalue weighted by atomic mass is 35.5. The van der Waals surface area contributed by atoms with Crippen molar-refractivity contribution in [1.82, 2.24) is 9.88 Å². The van der Waals surface area contributed by atoms with Gasteiger partial charge in [-0.15, -0.1) is 11.3 Å². The van der Waals surface area contributed by atoms with Crippen LogP contribution in [0.4, 0.5) is 0 Å². The van der Waals surface area contributed by atoms with Gasteiger partial charge in [-0.1, -0.05) is 11.6 Å². The van der Waals surface area contributed by atoms with Crippen LogP contribution >= 0.6 is 22.9 Å². The van der Waals surface area contributed by atoms with E-state index in [1.165, 1.54) is 18.4 Å². The smallest absolute Gasteiger partial charge is 0.259 e. The number of pyridine rings is 1. The first kappa shape index (κ1) is 14.8. The molecule has 2 rings (SSSR count). The van der Waals surface area contributed by atoms with Crippen molar-refractivity contribution < 1.29 is 9.53 Å². The van der Waals surface area contributed by atoms with E-state index in [4.69, 9.17) is 16.3 Å². The van der Waals surface area contributed by atoms with Crippen molar-refractivity contribution in [2.75, 3.05) is 13.7 Å². The summed E-state index contributed by atoms with van der Waals surface area (Å²) in [5, 5.41) is 0. The lowest BCUT2D eigenvalue weighted by Gasteiger charge is -2.20. The number of hydrogen-bond acceptors (Lipinski definition) is 4. The lowest BCUT2D eigenvalue weighted by Crippen LogP contribution is -2.30. The Kier molecular flexibility index (Phi) is 4.98. The van der Waals surface area contributed by atoms with Crippen LogP contribution in [0.1, 0.15) is 22.2 Å². The number of carbonyl (C=O) groups excluding carboxylic acids is 1. The van der Waals surface area contributed by atoms with Crippen molar-refractivity contribution in [1.29, 1.82) is 0 Å². The van der Waals surface area contributed by atoms with Gasteiger partial charge in [-0.3, -0.25) is 4.79 Å². The number of rotatable bonds is 5. The lowest BCUT2D eigenvalue weighted by molar-refractivity contribution is 0.0750. The molecule has 0 spiro atoms. The van der Waals surface area contributed by atoms with Crippen LogP contribution in [-0.4, -0.2) is 29.4 Å². The molecule has 0 aliphatic carbocycles. The molecule has 0 radical (unpaired) electrons. The summed E-state index contributed by atoms with van der Waals surface area (Å²) in [6.45, 7) is 3.08. The van der Waals surface area contributed by atoms with E-state index in [9.17, 15) is 4.79 Å². The molecule has 0 N–H and O–H groups in total. The van der Waals surface area contributed by atoms with Crippen LogP contribution in [0.25, 0.3) is 0 Å². The molecule has 0 unspecified atom stereocenters. The van der Waals surface area contributed by atoms with Gasteiger partial charge in [-0.2, -0.15) is 0 Å². The first-order valence-corrected chi connectivity index (χ1v) is 7.37. The molecular weight excluding hydrogens is 296 g/mol. The average Bonchev–Trinajstić information content (AvgIpc) is 2.89. The number of nitrogens with zero attached hydrogens (tertiary/aromatic N) is 2. The van der Waals surface area contributed by atoms with Crippen LogP contribution < -0.4 is 4.74 Å². The van der Waals surface area contributed by atoms with Crippen molar-refractivity contribution in [2.24, 2.45) is 0 Å². The quantitative estimate of drug-likeness (QED) is 0.849. The van der Waals surface area contributed by atoms with Gasteiger partial charge in [0.05, 0.1) is 18.0 Å². The summed E-state index contributed by atoms with van der Waals surface area (Å²) in [7, 11) is 1.51. The Morgan fingerprint density at radius 3 is 2.85 bits per heavy atom. The third-order valence-corrected chi connectivity index (χ3v) is 4.06. The van der Waals surface area contributed by atoms with Crippen molar-refractivity contribution in [3.63, 3.8) is 0 Å². The van der Waals surface area contributed by atoms with Crippen molar-refractivity contribution >= 4 is 28.8 Å². The fraction of sp³-hybridized carbons (Fsp3) is 0.286. The van der Waals surface area contributed by atoms with Crippen LogP contribution in [0, 0.1) is 0 Å². The van der Waals surface area contributed by atoms with Gasteiger partial charge >= 0.3 is 0 Å². The number of amides is 1. The normalized spacial score (nSPS) is 10.3. The highest BCUT2D eigenvalue weighted by Gasteiger charge is 2.19. The van der Waals surface area contributed by atoms with Gasteiger partial charge in [0.25, 0.3) is 5.91 Å². The molecule has 0 atom stereocenters. The molecule has 6 heteroatoms. The third-order valence-electron chi connectivity index (χ3n) is 2.84. The van der Waals surface area contributed by atoms with Crippen LogP contribution in [-0.2, 0) is 6.54 Å². The molecule has 0 saturated carbocycles. The summed E-state index contributed by atoms with van der Waals surface area (Å²) in [6, 6.07) is 7.22. The van der Waals surface area contributed by atoms with Gasteiger partial charge in [0.1, 0.15) is 5.56 Å². The van der Waals surface area contributed by atoms with Crippen molar-refractivity contribution in [3.05, 3.63) is 45.2 Å². The molecule has 106 valence electrons. The second kappa shape index (κ2) is 6.72. The first-order chi connectivity index (χ1) is 9.65. The predicted octanol–water partition coefficient (Wildman–Crippen LogP) is 3.47. The number of halogens is 1. The fourth-order valence-corrected chi connectivity index (χ4v) is 2.94. The molecule has 20 heavy (non-hydrogen) atoms. The fourth-order valence-electron chi connectivity index (χ4n) is 1.84. The van der Waals surface area contributed by atoms with E-state index >= 15 is 0 Å². The third kappa shape index (κ3) is 3.29. The summed E-state index contributed by atoms with van der Waals surface area (Å²) in [6.07, 6.45) is 1.60. The summed E-state index contributed by atoms with van der Waals surface area (Å²) >= 11 is 7.40. The van der Waals surface area contributed by atoms with Crippen molar-refractivity contribution in [3.8, 4) is 5.88 Å². The molecular formula is C14H15ClN2O2S. The van der Waals surface area contributed by atoms with E-state index in [0.29, 0.717) is 24.5 Å². The van der Waals surface area contributed by atoms with Gasteiger partial charge in [0, 0.05) is 17.6 Å². The van der Waals surface area contributed by atoms with E-state index < -0.39 is 0 Å². The summed E-state index contributed by atoms with van der Waals surface area (Å²) < 4.78 is 5.86. The minimum atomic E-state index is -0.0954. The maximum atomic E-state index is 12.5. The Morgan fingerprint density at radius 1 is 1.45 bits per heavy atom. The number of aromatic nitrogens is 1. The van der Waals surface area contributed by atoms with Gasteiger partial charge < -0.3 is 9.64 Å². The predicted molar refractivity (Wildman–Crippen MR) is 80.5 cm³/mol. The summed E-state index contributed by atoms with van der Waals surface area (Å²) in [5.41, 5.74) is 0.472. The molecule has 0 fully saturated rings. The van der Waals surface area contributed by atoms with Crippen LogP contribution in [0.3, 0.4) is 0 Å². The van der Waals surface area contributed by atoms with Crippen LogP contribution in [0.2, 0.25) is 4.34 Å². The molecule has 2 heterocycles. The number of hydrogen-bond donors (Lipinski definition) is 0. The van der Waals surface area contributed by atoms with Crippen molar-refractivity contribution in [2.45, 2.75) is 13.5 Å². The minimum Gasteiger partial charge on any atom is -0.480 e. The number of methoxy groups -OCH3 is 1. The van der Waals surface area contributed by atoms with E-state index in [-0.39, 0.29) is 5.91 Å². The standard InChI is InChI=1S/C14H15ClN2O2S/c1-3-17(9-10-6-7-12(15)20-10)14(18)11-5-4-8-16-13(11)19-2/h4-8H,3,9H2,1-2H3. The van der Waals surface area contributed by atoms with E-state index in [0.717, 1.165) is 9.21 Å². The maximum Gasteiger partial charge on any atom is 0.259 e. The largest absolute Gasteiger partial charge is 0.480 e. The number of thiophene rings is 1. The Morgan fingerprint density at radius 2 is 2.25 bits per heavy atom. The Hall–Kier alpha value is -1.59. The first-order valence-electron chi connectivity index (χ1n) is 6.18. The highest BCUT2D eigenvalue weighted by Crippen LogP contribution is 2.24. The van der Waals surface area contributed by atoms with Gasteiger partial charge in [0.15, 0.2) is 0 Å². The van der Waals surface area contributed by atoms with Gasteiger partial charge in [-0.25, -0.2) is 4.98 Å². The number of ether oxygens (including phenoxy) is 1. The molecule has 0 saturated heterocycles.